The standard InChI is InChI=1S/C24H36O/c1-6-22-23(14-12-18(2)3)19(4)13-15-24(22)20(5)16-25-17-21-10-8-7-9-11-21/h6-11,19-20,22-24H,1-2,12-17H2,3-5H3/t19-,20+,22+,23+,24+/m1/s1. The Labute approximate surface area is 155 Å². The maximum atomic E-state index is 6.04. The summed E-state index contributed by atoms with van der Waals surface area (Å²) in [4.78, 5) is 0. The van der Waals surface area contributed by atoms with Gasteiger partial charge in [0.05, 0.1) is 6.61 Å². The van der Waals surface area contributed by atoms with Gasteiger partial charge in [-0.15, -0.1) is 13.2 Å². The van der Waals surface area contributed by atoms with Crippen molar-refractivity contribution in [2.45, 2.75) is 53.1 Å². The molecule has 0 spiro atoms. The Hall–Kier alpha value is -1.34. The highest BCUT2D eigenvalue weighted by Gasteiger charge is 2.37. The number of hydrogen-bond acceptors (Lipinski definition) is 1. The largest absolute Gasteiger partial charge is 0.376 e. The summed E-state index contributed by atoms with van der Waals surface area (Å²) in [6.07, 6.45) is 7.26. The van der Waals surface area contributed by atoms with Crippen molar-refractivity contribution in [1.29, 1.82) is 0 Å². The van der Waals surface area contributed by atoms with Gasteiger partial charge in [-0.1, -0.05) is 62.2 Å². The minimum atomic E-state index is 0.576. The molecule has 1 aromatic rings. The molecule has 1 aliphatic rings. The third kappa shape index (κ3) is 5.85. The molecule has 25 heavy (non-hydrogen) atoms. The van der Waals surface area contributed by atoms with E-state index in [4.69, 9.17) is 4.74 Å². The van der Waals surface area contributed by atoms with Crippen LogP contribution in [0.4, 0.5) is 0 Å². The lowest BCUT2D eigenvalue weighted by atomic mass is 9.62. The molecular weight excluding hydrogens is 304 g/mol. The van der Waals surface area contributed by atoms with Crippen LogP contribution < -0.4 is 0 Å². The van der Waals surface area contributed by atoms with E-state index in [1.54, 1.807) is 0 Å². The van der Waals surface area contributed by atoms with E-state index >= 15 is 0 Å². The van der Waals surface area contributed by atoms with Crippen molar-refractivity contribution < 1.29 is 4.74 Å². The Bertz CT molecular complexity index is 532. The highest BCUT2D eigenvalue weighted by Crippen LogP contribution is 2.45. The van der Waals surface area contributed by atoms with Gasteiger partial charge in [0.25, 0.3) is 0 Å². The molecule has 1 aliphatic carbocycles. The lowest BCUT2D eigenvalue weighted by molar-refractivity contribution is 0.0263. The molecule has 1 saturated carbocycles. The molecule has 5 atom stereocenters. The predicted octanol–water partition coefficient (Wildman–Crippen LogP) is 6.66. The maximum absolute atomic E-state index is 6.04. The molecule has 0 aromatic heterocycles. The van der Waals surface area contributed by atoms with Crippen molar-refractivity contribution in [2.75, 3.05) is 6.61 Å². The number of rotatable bonds is 9. The molecule has 0 amide bonds. The van der Waals surface area contributed by atoms with E-state index in [-0.39, 0.29) is 0 Å². The molecule has 2 rings (SSSR count). The van der Waals surface area contributed by atoms with Gasteiger partial charge in [0, 0.05) is 6.61 Å². The normalized spacial score (nSPS) is 27.6. The van der Waals surface area contributed by atoms with E-state index in [1.165, 1.54) is 30.4 Å². The van der Waals surface area contributed by atoms with Crippen molar-refractivity contribution in [3.05, 3.63) is 60.7 Å². The van der Waals surface area contributed by atoms with Gasteiger partial charge in [-0.2, -0.15) is 0 Å². The zero-order valence-corrected chi connectivity index (χ0v) is 16.4. The molecular formula is C24H36O. The van der Waals surface area contributed by atoms with Crippen LogP contribution in [-0.2, 0) is 11.3 Å². The van der Waals surface area contributed by atoms with Crippen LogP contribution in [0.15, 0.2) is 55.1 Å². The third-order valence-corrected chi connectivity index (χ3v) is 6.07. The summed E-state index contributed by atoms with van der Waals surface area (Å²) in [6, 6.07) is 10.5. The highest BCUT2D eigenvalue weighted by molar-refractivity contribution is 5.13. The number of benzene rings is 1. The number of hydrogen-bond donors (Lipinski definition) is 0. The predicted molar refractivity (Wildman–Crippen MR) is 108 cm³/mol. The lowest BCUT2D eigenvalue weighted by Gasteiger charge is -2.43. The second kappa shape index (κ2) is 9.97. The van der Waals surface area contributed by atoms with Gasteiger partial charge in [0.1, 0.15) is 0 Å². The van der Waals surface area contributed by atoms with E-state index < -0.39 is 0 Å². The summed E-state index contributed by atoms with van der Waals surface area (Å²) in [5.74, 6) is 3.41. The summed E-state index contributed by atoms with van der Waals surface area (Å²) < 4.78 is 6.04. The summed E-state index contributed by atoms with van der Waals surface area (Å²) >= 11 is 0. The van der Waals surface area contributed by atoms with Crippen LogP contribution in [0.5, 0.6) is 0 Å². The second-order valence-corrected chi connectivity index (χ2v) is 8.17. The summed E-state index contributed by atoms with van der Waals surface area (Å²) in [5, 5.41) is 0. The fourth-order valence-corrected chi connectivity index (χ4v) is 4.52. The Morgan fingerprint density at radius 1 is 1.28 bits per heavy atom. The van der Waals surface area contributed by atoms with Crippen LogP contribution in [-0.4, -0.2) is 6.61 Å². The van der Waals surface area contributed by atoms with Gasteiger partial charge >= 0.3 is 0 Å². The molecule has 138 valence electrons. The summed E-state index contributed by atoms with van der Waals surface area (Å²) in [6.45, 7) is 16.8. The molecule has 0 aliphatic heterocycles. The van der Waals surface area contributed by atoms with Gasteiger partial charge in [0.2, 0.25) is 0 Å². The van der Waals surface area contributed by atoms with E-state index in [2.05, 4.69) is 70.3 Å². The average molecular weight is 341 g/mol. The van der Waals surface area contributed by atoms with Crippen molar-refractivity contribution in [1.82, 2.24) is 0 Å². The molecule has 0 saturated heterocycles. The number of ether oxygens (including phenoxy) is 1. The molecule has 0 bridgehead atoms. The van der Waals surface area contributed by atoms with E-state index in [9.17, 15) is 0 Å². The molecule has 1 heteroatoms. The summed E-state index contributed by atoms with van der Waals surface area (Å²) in [7, 11) is 0. The van der Waals surface area contributed by atoms with Gasteiger partial charge in [-0.3, -0.25) is 0 Å². The first kappa shape index (κ1) is 20.0. The number of allylic oxidation sites excluding steroid dienone is 2. The van der Waals surface area contributed by atoms with Crippen molar-refractivity contribution in [2.24, 2.45) is 29.6 Å². The smallest absolute Gasteiger partial charge is 0.0717 e. The van der Waals surface area contributed by atoms with Crippen LogP contribution in [0.2, 0.25) is 0 Å². The quantitative estimate of drug-likeness (QED) is 0.457. The molecule has 0 unspecified atom stereocenters. The Morgan fingerprint density at radius 3 is 2.64 bits per heavy atom. The first-order valence-corrected chi connectivity index (χ1v) is 9.91. The topological polar surface area (TPSA) is 9.23 Å². The lowest BCUT2D eigenvalue weighted by Crippen LogP contribution is -2.36. The fraction of sp³-hybridized carbons (Fsp3) is 0.583. The van der Waals surface area contributed by atoms with Crippen molar-refractivity contribution in [3.63, 3.8) is 0 Å². The molecule has 1 aromatic carbocycles. The molecule has 1 fully saturated rings. The minimum Gasteiger partial charge on any atom is -0.376 e. The van der Waals surface area contributed by atoms with Crippen LogP contribution in [0.3, 0.4) is 0 Å². The maximum Gasteiger partial charge on any atom is 0.0717 e. The van der Waals surface area contributed by atoms with Crippen molar-refractivity contribution in [3.8, 4) is 0 Å². The minimum absolute atomic E-state index is 0.576. The SMILES string of the molecule is C=C[C@H]1[C@@H](CCC(=C)C)[C@H](C)CC[C@H]1[C@@H](C)COCc1ccccc1. The van der Waals surface area contributed by atoms with E-state index in [1.807, 2.05) is 0 Å². The third-order valence-electron chi connectivity index (χ3n) is 6.07. The second-order valence-electron chi connectivity index (χ2n) is 8.17. The van der Waals surface area contributed by atoms with Crippen LogP contribution >= 0.6 is 0 Å². The fourth-order valence-electron chi connectivity index (χ4n) is 4.52. The van der Waals surface area contributed by atoms with Crippen LogP contribution in [0.1, 0.15) is 52.0 Å². The Balaban J connectivity index is 1.91. The van der Waals surface area contributed by atoms with E-state index in [0.29, 0.717) is 24.4 Å². The zero-order chi connectivity index (χ0) is 18.2. The molecule has 0 N–H and O–H groups in total. The molecule has 0 radical (unpaired) electrons. The van der Waals surface area contributed by atoms with Gasteiger partial charge in [-0.05, 0) is 61.3 Å². The zero-order valence-electron chi connectivity index (χ0n) is 16.4. The summed E-state index contributed by atoms with van der Waals surface area (Å²) in [5.41, 5.74) is 2.56. The molecule has 1 nitrogen and oxygen atoms in total. The van der Waals surface area contributed by atoms with Gasteiger partial charge < -0.3 is 4.74 Å². The Kier molecular flexibility index (Phi) is 7.96. The van der Waals surface area contributed by atoms with E-state index in [0.717, 1.165) is 24.9 Å². The molecule has 0 heterocycles. The van der Waals surface area contributed by atoms with Gasteiger partial charge in [0.15, 0.2) is 0 Å². The first-order chi connectivity index (χ1) is 12.0. The van der Waals surface area contributed by atoms with Crippen LogP contribution in [0.25, 0.3) is 0 Å². The highest BCUT2D eigenvalue weighted by atomic mass is 16.5. The van der Waals surface area contributed by atoms with Crippen molar-refractivity contribution >= 4 is 0 Å². The average Bonchev–Trinajstić information content (AvgIpc) is 2.60. The first-order valence-electron chi connectivity index (χ1n) is 9.91. The van der Waals surface area contributed by atoms with Gasteiger partial charge in [-0.25, -0.2) is 0 Å². The monoisotopic (exact) mass is 340 g/mol. The van der Waals surface area contributed by atoms with Crippen LogP contribution in [0, 0.1) is 29.6 Å². The Morgan fingerprint density at radius 2 is 2.00 bits per heavy atom.